The third-order valence-corrected chi connectivity index (χ3v) is 5.55. The van der Waals surface area contributed by atoms with E-state index in [9.17, 15) is 13.2 Å². The molecule has 0 aliphatic carbocycles. The highest BCUT2D eigenvalue weighted by Gasteiger charge is 2.13. The van der Waals surface area contributed by atoms with Gasteiger partial charge in [0.15, 0.2) is 16.4 Å². The van der Waals surface area contributed by atoms with Crippen LogP contribution in [-0.4, -0.2) is 27.2 Å². The second kappa shape index (κ2) is 8.57. The number of hydrogen-bond donors (Lipinski definition) is 1. The minimum absolute atomic E-state index is 0.0752. The van der Waals surface area contributed by atoms with E-state index in [1.807, 2.05) is 26.0 Å². The number of nitrogens with one attached hydrogen (secondary N) is 1. The van der Waals surface area contributed by atoms with Gasteiger partial charge in [-0.2, -0.15) is 0 Å². The maximum absolute atomic E-state index is 12.2. The molecule has 6 heteroatoms. The predicted molar refractivity (Wildman–Crippen MR) is 107 cm³/mol. The largest absolute Gasteiger partial charge is 0.483 e. The first kappa shape index (κ1) is 21.0. The zero-order valence-electron chi connectivity index (χ0n) is 16.4. The SMILES string of the molecule is Cc1ccc(C(C)C)cc1OCC(=O)NC(C)c1ccc(S(C)(=O)=O)cc1. The summed E-state index contributed by atoms with van der Waals surface area (Å²) in [5.74, 6) is 0.863. The van der Waals surface area contributed by atoms with Gasteiger partial charge >= 0.3 is 0 Å². The minimum Gasteiger partial charge on any atom is -0.483 e. The fraction of sp³-hybridized carbons (Fsp3) is 0.381. The molecule has 0 aliphatic heterocycles. The normalized spacial score (nSPS) is 12.7. The predicted octanol–water partition coefficient (Wildman–Crippen LogP) is 3.78. The average molecular weight is 390 g/mol. The van der Waals surface area contributed by atoms with Crippen LogP contribution < -0.4 is 10.1 Å². The Labute approximate surface area is 161 Å². The van der Waals surface area contributed by atoms with E-state index in [1.165, 1.54) is 6.26 Å². The van der Waals surface area contributed by atoms with Crippen molar-refractivity contribution in [2.45, 2.75) is 44.6 Å². The van der Waals surface area contributed by atoms with E-state index >= 15 is 0 Å². The van der Waals surface area contributed by atoms with Crippen molar-refractivity contribution >= 4 is 15.7 Å². The van der Waals surface area contributed by atoms with Crippen molar-refractivity contribution in [1.82, 2.24) is 5.32 Å². The summed E-state index contributed by atoms with van der Waals surface area (Å²) in [6, 6.07) is 12.3. The first-order valence-electron chi connectivity index (χ1n) is 8.90. The first-order chi connectivity index (χ1) is 12.6. The number of carbonyl (C=O) groups is 1. The van der Waals surface area contributed by atoms with Crippen molar-refractivity contribution in [2.75, 3.05) is 12.9 Å². The minimum atomic E-state index is -3.23. The Bertz CT molecular complexity index is 902. The number of aryl methyl sites for hydroxylation is 1. The van der Waals surface area contributed by atoms with Crippen molar-refractivity contribution in [2.24, 2.45) is 0 Å². The molecular formula is C21H27NO4S. The van der Waals surface area contributed by atoms with E-state index in [2.05, 4.69) is 25.2 Å². The van der Waals surface area contributed by atoms with Crippen molar-refractivity contribution in [3.8, 4) is 5.75 Å². The van der Waals surface area contributed by atoms with Crippen LogP contribution in [0.1, 0.15) is 49.4 Å². The van der Waals surface area contributed by atoms with Crippen LogP contribution in [-0.2, 0) is 14.6 Å². The summed E-state index contributed by atoms with van der Waals surface area (Å²) in [4.78, 5) is 12.5. The van der Waals surface area contributed by atoms with Gasteiger partial charge in [-0.3, -0.25) is 4.79 Å². The molecule has 2 aromatic carbocycles. The fourth-order valence-corrected chi connectivity index (χ4v) is 3.28. The van der Waals surface area contributed by atoms with Gasteiger partial charge in [-0.25, -0.2) is 8.42 Å². The lowest BCUT2D eigenvalue weighted by atomic mass is 10.0. The van der Waals surface area contributed by atoms with E-state index in [4.69, 9.17) is 4.74 Å². The number of ether oxygens (including phenoxy) is 1. The maximum atomic E-state index is 12.2. The highest BCUT2D eigenvalue weighted by molar-refractivity contribution is 7.90. The van der Waals surface area contributed by atoms with Crippen molar-refractivity contribution < 1.29 is 17.9 Å². The smallest absolute Gasteiger partial charge is 0.258 e. The Morgan fingerprint density at radius 3 is 2.19 bits per heavy atom. The Morgan fingerprint density at radius 2 is 1.63 bits per heavy atom. The van der Waals surface area contributed by atoms with Crippen LogP contribution >= 0.6 is 0 Å². The van der Waals surface area contributed by atoms with E-state index in [0.29, 0.717) is 11.7 Å². The van der Waals surface area contributed by atoms with Crippen LogP contribution in [0.4, 0.5) is 0 Å². The van der Waals surface area contributed by atoms with Gasteiger partial charge in [-0.05, 0) is 54.7 Å². The van der Waals surface area contributed by atoms with E-state index in [1.54, 1.807) is 24.3 Å². The van der Waals surface area contributed by atoms with Gasteiger partial charge in [0.1, 0.15) is 5.75 Å². The molecule has 1 amide bonds. The lowest BCUT2D eigenvalue weighted by Gasteiger charge is -2.16. The molecule has 2 rings (SSSR count). The van der Waals surface area contributed by atoms with Gasteiger partial charge < -0.3 is 10.1 Å². The third-order valence-electron chi connectivity index (χ3n) is 4.42. The second-order valence-electron chi connectivity index (χ2n) is 7.10. The van der Waals surface area contributed by atoms with E-state index in [-0.39, 0.29) is 23.5 Å². The Morgan fingerprint density at radius 1 is 1.04 bits per heavy atom. The molecule has 1 unspecified atom stereocenters. The quantitative estimate of drug-likeness (QED) is 0.782. The summed E-state index contributed by atoms with van der Waals surface area (Å²) in [5.41, 5.74) is 2.97. The van der Waals surface area contributed by atoms with Crippen LogP contribution in [0.25, 0.3) is 0 Å². The standard InChI is InChI=1S/C21H27NO4S/c1-14(2)18-7-6-15(3)20(12-18)26-13-21(23)22-16(4)17-8-10-19(11-9-17)27(5,24)25/h6-12,14,16H,13H2,1-5H3,(H,22,23). The van der Waals surface area contributed by atoms with E-state index in [0.717, 1.165) is 16.7 Å². The Kier molecular flexibility index (Phi) is 6.65. The summed E-state index contributed by atoms with van der Waals surface area (Å²) in [7, 11) is -3.23. The number of carbonyl (C=O) groups excluding carboxylic acids is 1. The second-order valence-corrected chi connectivity index (χ2v) is 9.11. The summed E-state index contributed by atoms with van der Waals surface area (Å²) in [6.07, 6.45) is 1.17. The van der Waals surface area contributed by atoms with Crippen LogP contribution in [0.3, 0.4) is 0 Å². The lowest BCUT2D eigenvalue weighted by Crippen LogP contribution is -2.31. The molecule has 0 saturated heterocycles. The molecule has 0 radical (unpaired) electrons. The molecule has 2 aromatic rings. The van der Waals surface area contributed by atoms with E-state index < -0.39 is 9.84 Å². The molecule has 1 N–H and O–H groups in total. The molecule has 27 heavy (non-hydrogen) atoms. The summed E-state index contributed by atoms with van der Waals surface area (Å²) >= 11 is 0. The molecule has 0 spiro atoms. The highest BCUT2D eigenvalue weighted by atomic mass is 32.2. The summed E-state index contributed by atoms with van der Waals surface area (Å²) in [6.45, 7) is 7.94. The third kappa shape index (κ3) is 5.82. The average Bonchev–Trinajstić information content (AvgIpc) is 2.60. The van der Waals surface area contributed by atoms with Crippen molar-refractivity contribution in [3.05, 3.63) is 59.2 Å². The van der Waals surface area contributed by atoms with Crippen LogP contribution in [0, 0.1) is 6.92 Å². The van der Waals surface area contributed by atoms with Gasteiger partial charge in [-0.1, -0.05) is 38.1 Å². The Hall–Kier alpha value is -2.34. The van der Waals surface area contributed by atoms with Crippen LogP contribution in [0.5, 0.6) is 5.75 Å². The van der Waals surface area contributed by atoms with Gasteiger partial charge in [0.05, 0.1) is 10.9 Å². The summed E-state index contributed by atoms with van der Waals surface area (Å²) in [5, 5.41) is 2.87. The van der Waals surface area contributed by atoms with Gasteiger partial charge in [0, 0.05) is 6.26 Å². The van der Waals surface area contributed by atoms with Gasteiger partial charge in [0.2, 0.25) is 0 Å². The first-order valence-corrected chi connectivity index (χ1v) is 10.8. The lowest BCUT2D eigenvalue weighted by molar-refractivity contribution is -0.123. The molecule has 0 aliphatic rings. The van der Waals surface area contributed by atoms with Crippen molar-refractivity contribution in [3.63, 3.8) is 0 Å². The molecule has 146 valence electrons. The topological polar surface area (TPSA) is 72.5 Å². The van der Waals surface area contributed by atoms with Crippen LogP contribution in [0.15, 0.2) is 47.4 Å². The molecule has 0 aromatic heterocycles. The zero-order valence-corrected chi connectivity index (χ0v) is 17.3. The molecule has 1 atom stereocenters. The van der Waals surface area contributed by atoms with Gasteiger partial charge in [0.25, 0.3) is 5.91 Å². The molecule has 0 saturated carbocycles. The number of rotatable bonds is 7. The number of benzene rings is 2. The molecule has 0 fully saturated rings. The fourth-order valence-electron chi connectivity index (χ4n) is 2.64. The number of hydrogen-bond acceptors (Lipinski definition) is 4. The monoisotopic (exact) mass is 389 g/mol. The zero-order chi connectivity index (χ0) is 20.2. The molecular weight excluding hydrogens is 362 g/mol. The number of amides is 1. The molecule has 5 nitrogen and oxygen atoms in total. The highest BCUT2D eigenvalue weighted by Crippen LogP contribution is 2.24. The maximum Gasteiger partial charge on any atom is 0.258 e. The molecule has 0 bridgehead atoms. The Balaban J connectivity index is 1.96. The number of sulfone groups is 1. The van der Waals surface area contributed by atoms with Crippen LogP contribution in [0.2, 0.25) is 0 Å². The summed E-state index contributed by atoms with van der Waals surface area (Å²) < 4.78 is 28.7. The van der Waals surface area contributed by atoms with Crippen molar-refractivity contribution in [1.29, 1.82) is 0 Å². The van der Waals surface area contributed by atoms with Gasteiger partial charge in [-0.15, -0.1) is 0 Å². The molecule has 0 heterocycles.